The molecule has 2 aromatic carbocycles. The molecule has 120 valence electrons. The number of hydrogen-bond donors (Lipinski definition) is 1. The predicted octanol–water partition coefficient (Wildman–Crippen LogP) is 3.62. The Labute approximate surface area is 129 Å². The summed E-state index contributed by atoms with van der Waals surface area (Å²) < 4.78 is 48.0. The van der Waals surface area contributed by atoms with E-state index in [1.807, 2.05) is 0 Å². The minimum atomic E-state index is -4.40. The summed E-state index contributed by atoms with van der Waals surface area (Å²) in [6.45, 7) is 0.104. The summed E-state index contributed by atoms with van der Waals surface area (Å²) in [7, 11) is 0. The van der Waals surface area contributed by atoms with Gasteiger partial charge in [0.25, 0.3) is 0 Å². The van der Waals surface area contributed by atoms with Crippen LogP contribution in [0, 0.1) is 0 Å². The molecule has 0 radical (unpaired) electrons. The first-order chi connectivity index (χ1) is 10.9. The maximum absolute atomic E-state index is 12.5. The number of carbonyl (C=O) groups excluding carboxylic acids is 1. The van der Waals surface area contributed by atoms with Crippen molar-refractivity contribution in [2.24, 2.45) is 0 Å². The Morgan fingerprint density at radius 1 is 1.09 bits per heavy atom. The fraction of sp³-hybridized carbons (Fsp3) is 0.188. The highest BCUT2D eigenvalue weighted by molar-refractivity contribution is 5.92. The van der Waals surface area contributed by atoms with Crippen LogP contribution in [0.25, 0.3) is 0 Å². The molecular weight excluding hydrogens is 311 g/mol. The largest absolute Gasteiger partial charge is 0.454 e. The second kappa shape index (κ2) is 5.83. The number of hydrogen-bond acceptors (Lipinski definition) is 3. The van der Waals surface area contributed by atoms with Gasteiger partial charge in [0.05, 0.1) is 12.0 Å². The van der Waals surface area contributed by atoms with Crippen molar-refractivity contribution in [1.29, 1.82) is 0 Å². The van der Waals surface area contributed by atoms with Gasteiger partial charge < -0.3 is 14.8 Å². The molecule has 0 aromatic heterocycles. The molecule has 1 aliphatic rings. The number of halogens is 3. The van der Waals surface area contributed by atoms with E-state index in [0.29, 0.717) is 22.7 Å². The molecule has 3 rings (SSSR count). The molecule has 1 heterocycles. The van der Waals surface area contributed by atoms with E-state index in [1.165, 1.54) is 12.1 Å². The van der Waals surface area contributed by atoms with E-state index >= 15 is 0 Å². The molecule has 23 heavy (non-hydrogen) atoms. The van der Waals surface area contributed by atoms with Gasteiger partial charge in [0.15, 0.2) is 11.5 Å². The Morgan fingerprint density at radius 2 is 1.83 bits per heavy atom. The van der Waals surface area contributed by atoms with E-state index < -0.39 is 11.7 Å². The summed E-state index contributed by atoms with van der Waals surface area (Å²) in [5.41, 5.74) is 0.194. The van der Waals surface area contributed by atoms with E-state index in [2.05, 4.69) is 5.32 Å². The zero-order valence-electron chi connectivity index (χ0n) is 11.8. The maximum atomic E-state index is 12.5. The van der Waals surface area contributed by atoms with Crippen molar-refractivity contribution in [3.63, 3.8) is 0 Å². The second-order valence-electron chi connectivity index (χ2n) is 4.95. The Kier molecular flexibility index (Phi) is 3.85. The number of rotatable bonds is 3. The van der Waals surface area contributed by atoms with Crippen molar-refractivity contribution < 1.29 is 27.4 Å². The van der Waals surface area contributed by atoms with Crippen LogP contribution in [0.1, 0.15) is 11.1 Å². The van der Waals surface area contributed by atoms with Crippen molar-refractivity contribution in [2.45, 2.75) is 12.6 Å². The standard InChI is InChI=1S/C16H12F3NO3/c17-16(18,19)11-4-6-12(7-5-11)20-14(21)8-10-2-1-3-13-15(10)23-9-22-13/h1-7H,8-9H2,(H,20,21). The molecule has 0 bridgehead atoms. The monoisotopic (exact) mass is 323 g/mol. The van der Waals surface area contributed by atoms with Crippen LogP contribution in [0.2, 0.25) is 0 Å². The lowest BCUT2D eigenvalue weighted by molar-refractivity contribution is -0.137. The van der Waals surface area contributed by atoms with Crippen LogP contribution in [-0.4, -0.2) is 12.7 Å². The van der Waals surface area contributed by atoms with Crippen LogP contribution in [0.4, 0.5) is 18.9 Å². The zero-order valence-corrected chi connectivity index (χ0v) is 11.8. The van der Waals surface area contributed by atoms with Crippen molar-refractivity contribution in [2.75, 3.05) is 12.1 Å². The summed E-state index contributed by atoms with van der Waals surface area (Å²) in [6, 6.07) is 9.50. The normalized spacial score (nSPS) is 13.0. The first-order valence-electron chi connectivity index (χ1n) is 6.78. The highest BCUT2D eigenvalue weighted by Gasteiger charge is 2.30. The average molecular weight is 323 g/mol. The number of ether oxygens (including phenoxy) is 2. The number of nitrogens with one attached hydrogen (secondary N) is 1. The van der Waals surface area contributed by atoms with Crippen LogP contribution in [0.5, 0.6) is 11.5 Å². The van der Waals surface area contributed by atoms with Gasteiger partial charge in [-0.1, -0.05) is 12.1 Å². The Hall–Kier alpha value is -2.70. The maximum Gasteiger partial charge on any atom is 0.416 e. The lowest BCUT2D eigenvalue weighted by Crippen LogP contribution is -2.15. The van der Waals surface area contributed by atoms with E-state index in [1.54, 1.807) is 18.2 Å². The number of anilines is 1. The van der Waals surface area contributed by atoms with Gasteiger partial charge in [-0.3, -0.25) is 4.79 Å². The topological polar surface area (TPSA) is 47.6 Å². The highest BCUT2D eigenvalue weighted by Crippen LogP contribution is 2.35. The van der Waals surface area contributed by atoms with Crippen molar-refractivity contribution in [3.8, 4) is 11.5 Å². The summed E-state index contributed by atoms with van der Waals surface area (Å²) in [5, 5.41) is 2.56. The van der Waals surface area contributed by atoms with Gasteiger partial charge in [-0.05, 0) is 30.3 Å². The Balaban J connectivity index is 1.67. The first kappa shape index (κ1) is 15.2. The third kappa shape index (κ3) is 3.39. The molecular formula is C16H12F3NO3. The molecule has 4 nitrogen and oxygen atoms in total. The summed E-state index contributed by atoms with van der Waals surface area (Å²) in [5.74, 6) is 0.744. The number of alkyl halides is 3. The fourth-order valence-corrected chi connectivity index (χ4v) is 2.25. The van der Waals surface area contributed by atoms with Gasteiger partial charge >= 0.3 is 6.18 Å². The van der Waals surface area contributed by atoms with Crippen LogP contribution in [0.15, 0.2) is 42.5 Å². The minimum absolute atomic E-state index is 0.0353. The van der Waals surface area contributed by atoms with Crippen LogP contribution in [-0.2, 0) is 17.4 Å². The fourth-order valence-electron chi connectivity index (χ4n) is 2.25. The lowest BCUT2D eigenvalue weighted by Gasteiger charge is -2.09. The molecule has 0 saturated carbocycles. The quantitative estimate of drug-likeness (QED) is 0.938. The van der Waals surface area contributed by atoms with Gasteiger partial charge in [-0.25, -0.2) is 0 Å². The van der Waals surface area contributed by atoms with Gasteiger partial charge in [-0.2, -0.15) is 13.2 Å². The summed E-state index contributed by atoms with van der Waals surface area (Å²) in [4.78, 5) is 12.0. The van der Waals surface area contributed by atoms with Crippen molar-refractivity contribution >= 4 is 11.6 Å². The van der Waals surface area contributed by atoms with E-state index in [-0.39, 0.29) is 19.1 Å². The average Bonchev–Trinajstić information content (AvgIpc) is 2.96. The van der Waals surface area contributed by atoms with Crippen molar-refractivity contribution in [3.05, 3.63) is 53.6 Å². The third-order valence-corrected chi connectivity index (χ3v) is 3.33. The Morgan fingerprint density at radius 3 is 2.52 bits per heavy atom. The van der Waals surface area contributed by atoms with Gasteiger partial charge in [0.1, 0.15) is 0 Å². The van der Waals surface area contributed by atoms with E-state index in [0.717, 1.165) is 12.1 Å². The Bertz CT molecular complexity index is 726. The van der Waals surface area contributed by atoms with Crippen LogP contribution >= 0.6 is 0 Å². The molecule has 0 fully saturated rings. The zero-order chi connectivity index (χ0) is 16.4. The van der Waals surface area contributed by atoms with Gasteiger partial charge in [0, 0.05) is 11.3 Å². The minimum Gasteiger partial charge on any atom is -0.454 e. The molecule has 2 aromatic rings. The van der Waals surface area contributed by atoms with Crippen molar-refractivity contribution in [1.82, 2.24) is 0 Å². The lowest BCUT2D eigenvalue weighted by atomic mass is 10.1. The SMILES string of the molecule is O=C(Cc1cccc2c1OCO2)Nc1ccc(C(F)(F)F)cc1. The molecule has 1 N–H and O–H groups in total. The number of para-hydroxylation sites is 1. The number of benzene rings is 2. The molecule has 1 aliphatic heterocycles. The first-order valence-corrected chi connectivity index (χ1v) is 6.78. The summed E-state index contributed by atoms with van der Waals surface area (Å²) >= 11 is 0. The van der Waals surface area contributed by atoms with E-state index in [4.69, 9.17) is 9.47 Å². The summed E-state index contributed by atoms with van der Waals surface area (Å²) in [6.07, 6.45) is -4.36. The van der Waals surface area contributed by atoms with Crippen LogP contribution in [0.3, 0.4) is 0 Å². The third-order valence-electron chi connectivity index (χ3n) is 3.33. The molecule has 7 heteroatoms. The molecule has 0 unspecified atom stereocenters. The molecule has 0 saturated heterocycles. The second-order valence-corrected chi connectivity index (χ2v) is 4.95. The number of amides is 1. The predicted molar refractivity (Wildman–Crippen MR) is 76.3 cm³/mol. The number of carbonyl (C=O) groups is 1. The molecule has 1 amide bonds. The van der Waals surface area contributed by atoms with Gasteiger partial charge in [0.2, 0.25) is 12.7 Å². The number of fused-ring (bicyclic) bond motifs is 1. The van der Waals surface area contributed by atoms with Gasteiger partial charge in [-0.15, -0.1) is 0 Å². The molecule has 0 atom stereocenters. The highest BCUT2D eigenvalue weighted by atomic mass is 19.4. The van der Waals surface area contributed by atoms with E-state index in [9.17, 15) is 18.0 Å². The van der Waals surface area contributed by atoms with Crippen LogP contribution < -0.4 is 14.8 Å². The molecule has 0 spiro atoms. The smallest absolute Gasteiger partial charge is 0.416 e. The molecule has 0 aliphatic carbocycles.